The molecule has 1 saturated heterocycles. The average Bonchev–Trinajstić information content (AvgIpc) is 3.34. The topological polar surface area (TPSA) is 37.4 Å². The molecule has 0 N–H and O–H groups in total. The van der Waals surface area contributed by atoms with Gasteiger partial charge in [-0.2, -0.15) is 0 Å². The molecule has 3 aromatic carbocycles. The van der Waals surface area contributed by atoms with Gasteiger partial charge in [0.1, 0.15) is 0 Å². The fraction of sp³-hybridized carbons (Fsp3) is 0.167. The highest BCUT2D eigenvalue weighted by Gasteiger charge is 2.77. The van der Waals surface area contributed by atoms with Gasteiger partial charge < -0.3 is 0 Å². The highest BCUT2D eigenvalue weighted by molar-refractivity contribution is 6.31. The lowest BCUT2D eigenvalue weighted by Gasteiger charge is -2.23. The maximum absolute atomic E-state index is 13.6. The quantitative estimate of drug-likeness (QED) is 0.594. The van der Waals surface area contributed by atoms with Crippen LogP contribution in [0.4, 0.5) is 5.69 Å². The van der Waals surface area contributed by atoms with Gasteiger partial charge in [0.2, 0.25) is 11.8 Å². The first-order valence-corrected chi connectivity index (χ1v) is 9.70. The molecule has 28 heavy (non-hydrogen) atoms. The van der Waals surface area contributed by atoms with Crippen molar-refractivity contribution in [3.63, 3.8) is 0 Å². The molecule has 138 valence electrons. The molecule has 0 bridgehead atoms. The molecule has 1 aliphatic carbocycles. The Labute approximate surface area is 168 Å². The molecule has 1 spiro atoms. The third kappa shape index (κ3) is 2.23. The maximum Gasteiger partial charge on any atom is 0.241 e. The second-order valence-electron chi connectivity index (χ2n) is 7.58. The van der Waals surface area contributed by atoms with E-state index in [4.69, 9.17) is 11.6 Å². The maximum atomic E-state index is 13.6. The summed E-state index contributed by atoms with van der Waals surface area (Å²) in [4.78, 5) is 27.9. The number of carbonyl (C=O) groups excluding carboxylic acids is 2. The van der Waals surface area contributed by atoms with Crippen LogP contribution in [0.25, 0.3) is 0 Å². The van der Waals surface area contributed by atoms with Crippen LogP contribution >= 0.6 is 11.6 Å². The van der Waals surface area contributed by atoms with Crippen LogP contribution in [0.1, 0.15) is 24.0 Å². The van der Waals surface area contributed by atoms with Crippen LogP contribution < -0.4 is 4.90 Å². The number of hydrogen-bond donors (Lipinski definition) is 0. The Hall–Kier alpha value is -2.91. The highest BCUT2D eigenvalue weighted by Crippen LogP contribution is 2.72. The molecule has 2 aliphatic rings. The average molecular weight is 388 g/mol. The van der Waals surface area contributed by atoms with Gasteiger partial charge in [-0.25, -0.2) is 0 Å². The van der Waals surface area contributed by atoms with Crippen LogP contribution in [0.3, 0.4) is 0 Å². The molecular formula is C24H18ClNO2. The highest BCUT2D eigenvalue weighted by atomic mass is 35.5. The van der Waals surface area contributed by atoms with Crippen molar-refractivity contribution in [1.29, 1.82) is 0 Å². The van der Waals surface area contributed by atoms with Gasteiger partial charge in [0.15, 0.2) is 0 Å². The van der Waals surface area contributed by atoms with E-state index in [0.717, 1.165) is 11.1 Å². The Kier molecular flexibility index (Phi) is 3.72. The molecular weight excluding hydrogens is 370 g/mol. The van der Waals surface area contributed by atoms with Crippen molar-refractivity contribution >= 4 is 29.1 Å². The SMILES string of the molecule is O=C1C[C@]2(CC2(c2ccccc2)c2ccccc2)C(=O)N1c1ccc(Cl)cc1. The number of amides is 2. The number of rotatable bonds is 3. The largest absolute Gasteiger partial charge is 0.274 e. The first-order chi connectivity index (χ1) is 13.6. The zero-order valence-corrected chi connectivity index (χ0v) is 15.9. The number of benzene rings is 3. The summed E-state index contributed by atoms with van der Waals surface area (Å²) in [7, 11) is 0. The van der Waals surface area contributed by atoms with Crippen LogP contribution in [0, 0.1) is 5.41 Å². The van der Waals surface area contributed by atoms with Gasteiger partial charge in [-0.15, -0.1) is 0 Å². The van der Waals surface area contributed by atoms with Crippen molar-refractivity contribution in [3.05, 3.63) is 101 Å². The standard InChI is InChI=1S/C24H18ClNO2/c25-19-11-13-20(14-12-19)26-21(27)15-23(22(26)28)16-24(23,17-7-3-1-4-8-17)18-9-5-2-6-10-18/h1-14H,15-16H2/t23-/m0/s1. The Morgan fingerprint density at radius 1 is 0.750 bits per heavy atom. The summed E-state index contributed by atoms with van der Waals surface area (Å²) < 4.78 is 0. The second kappa shape index (κ2) is 6.05. The van der Waals surface area contributed by atoms with E-state index < -0.39 is 10.8 Å². The Balaban J connectivity index is 1.63. The number of carbonyl (C=O) groups is 2. The van der Waals surface area contributed by atoms with E-state index in [1.54, 1.807) is 24.3 Å². The third-order valence-corrected chi connectivity index (χ3v) is 6.44. The van der Waals surface area contributed by atoms with Crippen molar-refractivity contribution in [2.45, 2.75) is 18.3 Å². The van der Waals surface area contributed by atoms with Crippen molar-refractivity contribution < 1.29 is 9.59 Å². The third-order valence-electron chi connectivity index (χ3n) is 6.19. The summed E-state index contributed by atoms with van der Waals surface area (Å²) in [5, 5.41) is 0.576. The molecule has 1 heterocycles. The summed E-state index contributed by atoms with van der Waals surface area (Å²) in [6.45, 7) is 0. The molecule has 0 unspecified atom stereocenters. The molecule has 2 amide bonds. The monoisotopic (exact) mass is 387 g/mol. The van der Waals surface area contributed by atoms with Gasteiger partial charge in [0.25, 0.3) is 0 Å². The van der Waals surface area contributed by atoms with Crippen LogP contribution in [-0.4, -0.2) is 11.8 Å². The molecule has 3 aromatic rings. The summed E-state index contributed by atoms with van der Waals surface area (Å²) in [6, 6.07) is 27.0. The number of nitrogens with zero attached hydrogens (tertiary/aromatic N) is 1. The van der Waals surface area contributed by atoms with E-state index in [0.29, 0.717) is 17.1 Å². The van der Waals surface area contributed by atoms with E-state index in [9.17, 15) is 9.59 Å². The van der Waals surface area contributed by atoms with Crippen molar-refractivity contribution in [2.24, 2.45) is 5.41 Å². The molecule has 1 atom stereocenters. The van der Waals surface area contributed by atoms with Gasteiger partial charge in [0, 0.05) is 16.9 Å². The van der Waals surface area contributed by atoms with Crippen molar-refractivity contribution in [3.8, 4) is 0 Å². The van der Waals surface area contributed by atoms with E-state index in [-0.39, 0.29) is 18.2 Å². The first kappa shape index (κ1) is 17.2. The van der Waals surface area contributed by atoms with Crippen LogP contribution in [0.15, 0.2) is 84.9 Å². The predicted octanol–water partition coefficient (Wildman–Crippen LogP) is 4.98. The zero-order chi connectivity index (χ0) is 19.4. The number of imide groups is 1. The predicted molar refractivity (Wildman–Crippen MR) is 109 cm³/mol. The smallest absolute Gasteiger partial charge is 0.241 e. The van der Waals surface area contributed by atoms with Crippen molar-refractivity contribution in [2.75, 3.05) is 4.90 Å². The van der Waals surface area contributed by atoms with Gasteiger partial charge in [0.05, 0.1) is 11.1 Å². The first-order valence-electron chi connectivity index (χ1n) is 9.32. The van der Waals surface area contributed by atoms with E-state index in [1.807, 2.05) is 36.4 Å². The number of anilines is 1. The molecule has 5 rings (SSSR count). The number of hydrogen-bond acceptors (Lipinski definition) is 2. The normalized spacial score (nSPS) is 22.7. The summed E-state index contributed by atoms with van der Waals surface area (Å²) >= 11 is 5.98. The fourth-order valence-electron chi connectivity index (χ4n) is 4.84. The van der Waals surface area contributed by atoms with Gasteiger partial charge >= 0.3 is 0 Å². The molecule has 1 saturated carbocycles. The molecule has 0 radical (unpaired) electrons. The van der Waals surface area contributed by atoms with Crippen LogP contribution in [0.5, 0.6) is 0 Å². The van der Waals surface area contributed by atoms with Crippen molar-refractivity contribution in [1.82, 2.24) is 0 Å². The van der Waals surface area contributed by atoms with E-state index in [1.165, 1.54) is 4.90 Å². The van der Waals surface area contributed by atoms with Gasteiger partial charge in [-0.3, -0.25) is 14.5 Å². The van der Waals surface area contributed by atoms with E-state index in [2.05, 4.69) is 24.3 Å². The van der Waals surface area contributed by atoms with Gasteiger partial charge in [-0.1, -0.05) is 72.3 Å². The minimum atomic E-state index is -0.730. The number of halogens is 1. The lowest BCUT2D eigenvalue weighted by atomic mass is 9.79. The minimum Gasteiger partial charge on any atom is -0.274 e. The Bertz CT molecular complexity index is 1020. The van der Waals surface area contributed by atoms with Crippen LogP contribution in [0.2, 0.25) is 5.02 Å². The van der Waals surface area contributed by atoms with Crippen LogP contribution in [-0.2, 0) is 15.0 Å². The van der Waals surface area contributed by atoms with E-state index >= 15 is 0 Å². The fourth-order valence-corrected chi connectivity index (χ4v) is 4.97. The summed E-state index contributed by atoms with van der Waals surface area (Å²) in [6.07, 6.45) is 0.862. The zero-order valence-electron chi connectivity index (χ0n) is 15.1. The molecule has 1 aliphatic heterocycles. The minimum absolute atomic E-state index is 0.118. The molecule has 0 aromatic heterocycles. The molecule has 2 fully saturated rings. The lowest BCUT2D eigenvalue weighted by Crippen LogP contribution is -2.33. The second-order valence-corrected chi connectivity index (χ2v) is 8.02. The summed E-state index contributed by atoms with van der Waals surface area (Å²) in [5.74, 6) is -0.270. The Morgan fingerprint density at radius 2 is 1.29 bits per heavy atom. The van der Waals surface area contributed by atoms with Gasteiger partial charge in [-0.05, 0) is 41.8 Å². The molecule has 3 nitrogen and oxygen atoms in total. The lowest BCUT2D eigenvalue weighted by molar-refractivity contribution is -0.123. The molecule has 4 heteroatoms. The Morgan fingerprint density at radius 3 is 1.82 bits per heavy atom. The summed E-state index contributed by atoms with van der Waals surface area (Å²) in [5.41, 5.74) is 1.55.